The van der Waals surface area contributed by atoms with Crippen molar-refractivity contribution < 1.29 is 14.0 Å². The molecule has 5 heteroatoms. The number of rotatable bonds is 2. The maximum Gasteiger partial charge on any atom is 0.492 e. The molecule has 3 heterocycles. The van der Waals surface area contributed by atoms with Crippen molar-refractivity contribution in [3.05, 3.63) is 23.8 Å². The van der Waals surface area contributed by atoms with Gasteiger partial charge in [0.1, 0.15) is 0 Å². The molecular weight excluding hydrogens is 301 g/mol. The lowest BCUT2D eigenvalue weighted by Gasteiger charge is -2.39. The number of piperidine rings is 1. The van der Waals surface area contributed by atoms with Crippen LogP contribution in [0.1, 0.15) is 61.3 Å². The number of nitrogens with zero attached hydrogens (tertiary/aromatic N) is 1. The molecule has 2 fully saturated rings. The number of allylic oxidation sites excluding steroid dienone is 1. The third kappa shape index (κ3) is 3.58. The molecule has 0 atom stereocenters. The molecule has 0 N–H and O–H groups in total. The van der Waals surface area contributed by atoms with Crippen molar-refractivity contribution in [1.82, 2.24) is 4.90 Å². The topological polar surface area (TPSA) is 30.9 Å². The summed E-state index contributed by atoms with van der Waals surface area (Å²) < 4.78 is 18.5. The van der Waals surface area contributed by atoms with E-state index in [2.05, 4.69) is 52.2 Å². The van der Waals surface area contributed by atoms with E-state index in [0.29, 0.717) is 6.61 Å². The molecule has 0 aromatic carbocycles. The highest BCUT2D eigenvalue weighted by Gasteiger charge is 2.54. The van der Waals surface area contributed by atoms with Gasteiger partial charge >= 0.3 is 7.12 Å². The molecule has 0 aromatic heterocycles. The minimum atomic E-state index is -0.294. The molecule has 24 heavy (non-hydrogen) atoms. The highest BCUT2D eigenvalue weighted by atomic mass is 16.7. The fraction of sp³-hybridized carbons (Fsp3) is 0.789. The molecule has 0 bridgehead atoms. The first kappa shape index (κ1) is 19.5. The van der Waals surface area contributed by atoms with Gasteiger partial charge in [0.05, 0.1) is 23.4 Å². The Kier molecular flexibility index (Phi) is 5.58. The first-order valence-electron chi connectivity index (χ1n) is 9.26. The zero-order chi connectivity index (χ0) is 18.2. The fourth-order valence-electron chi connectivity index (χ4n) is 3.33. The molecule has 0 unspecified atom stereocenters. The van der Waals surface area contributed by atoms with E-state index in [-0.39, 0.29) is 23.9 Å². The second-order valence-electron chi connectivity index (χ2n) is 7.88. The molecule has 0 saturated carbocycles. The van der Waals surface area contributed by atoms with E-state index >= 15 is 0 Å². The predicted molar refractivity (Wildman–Crippen MR) is 99.8 cm³/mol. The molecule has 2 saturated heterocycles. The monoisotopic (exact) mass is 335 g/mol. The molecule has 0 aliphatic carbocycles. The smallest absolute Gasteiger partial charge is 0.400 e. The second-order valence-corrected chi connectivity index (χ2v) is 7.88. The fourth-order valence-corrected chi connectivity index (χ4v) is 3.33. The third-order valence-electron chi connectivity index (χ3n) is 5.68. The molecule has 3 rings (SSSR count). The maximum atomic E-state index is 6.16. The molecule has 136 valence electrons. The lowest BCUT2D eigenvalue weighted by Crippen LogP contribution is -2.42. The summed E-state index contributed by atoms with van der Waals surface area (Å²) in [5, 5.41) is 0. The largest absolute Gasteiger partial charge is 0.492 e. The summed E-state index contributed by atoms with van der Waals surface area (Å²) >= 11 is 0. The van der Waals surface area contributed by atoms with Gasteiger partial charge in [0.2, 0.25) is 0 Å². The van der Waals surface area contributed by atoms with E-state index in [1.165, 1.54) is 0 Å². The quantitative estimate of drug-likeness (QED) is 0.715. The molecule has 4 nitrogen and oxygen atoms in total. The summed E-state index contributed by atoms with van der Waals surface area (Å²) in [4.78, 5) is 2.33. The van der Waals surface area contributed by atoms with Gasteiger partial charge in [-0.05, 0) is 52.9 Å². The van der Waals surface area contributed by atoms with Crippen LogP contribution in [0.15, 0.2) is 23.8 Å². The molecule has 0 amide bonds. The van der Waals surface area contributed by atoms with Crippen LogP contribution in [0.2, 0.25) is 0 Å². The standard InChI is InChI=1S/C17H28BNO3.C2H6/c1-13(2)19-9-7-17(8-10-19)11-14(12-20-17)18-21-15(3,4)16(5,6)22-18;1-2/h11H,1,7-10,12H2,2-6H3;1-2H3. The summed E-state index contributed by atoms with van der Waals surface area (Å²) in [7, 11) is -0.274. The number of hydrogen-bond donors (Lipinski definition) is 0. The Balaban J connectivity index is 0.00000100. The van der Waals surface area contributed by atoms with E-state index < -0.39 is 0 Å². The summed E-state index contributed by atoms with van der Waals surface area (Å²) in [6, 6.07) is 0. The lowest BCUT2D eigenvalue weighted by atomic mass is 9.76. The molecule has 1 spiro atoms. The zero-order valence-electron chi connectivity index (χ0n) is 16.6. The first-order chi connectivity index (χ1) is 11.1. The summed E-state index contributed by atoms with van der Waals surface area (Å²) in [6.07, 6.45) is 4.27. The van der Waals surface area contributed by atoms with Crippen molar-refractivity contribution in [2.75, 3.05) is 19.7 Å². The van der Waals surface area contributed by atoms with E-state index in [1.807, 2.05) is 13.8 Å². The number of likely N-dealkylation sites (tertiary alicyclic amines) is 1. The average Bonchev–Trinajstić information content (AvgIpc) is 3.01. The Morgan fingerprint density at radius 1 is 1.08 bits per heavy atom. The minimum Gasteiger partial charge on any atom is -0.400 e. The first-order valence-corrected chi connectivity index (χ1v) is 9.26. The van der Waals surface area contributed by atoms with Crippen molar-refractivity contribution in [2.24, 2.45) is 0 Å². The molecule has 0 radical (unpaired) electrons. The Morgan fingerprint density at radius 2 is 1.58 bits per heavy atom. The minimum absolute atomic E-state index is 0.134. The Labute approximate surface area is 148 Å². The van der Waals surface area contributed by atoms with Gasteiger partial charge in [0, 0.05) is 18.8 Å². The maximum absolute atomic E-state index is 6.16. The van der Waals surface area contributed by atoms with Gasteiger partial charge in [0.25, 0.3) is 0 Å². The van der Waals surface area contributed by atoms with Crippen molar-refractivity contribution in [3.8, 4) is 0 Å². The third-order valence-corrected chi connectivity index (χ3v) is 5.68. The van der Waals surface area contributed by atoms with Crippen LogP contribution >= 0.6 is 0 Å². The molecule has 3 aliphatic rings. The summed E-state index contributed by atoms with van der Waals surface area (Å²) in [5.74, 6) is 0. The molecular formula is C19H34BNO3. The van der Waals surface area contributed by atoms with Crippen LogP contribution in [0.3, 0.4) is 0 Å². The SMILES string of the molecule is C=C(C)N1CCC2(C=C(B3OC(C)(C)C(C)(C)O3)CO2)CC1.CC. The van der Waals surface area contributed by atoms with Crippen molar-refractivity contribution >= 4 is 7.12 Å². The van der Waals surface area contributed by atoms with E-state index in [0.717, 1.165) is 37.1 Å². The van der Waals surface area contributed by atoms with E-state index in [1.54, 1.807) is 0 Å². The van der Waals surface area contributed by atoms with E-state index in [4.69, 9.17) is 14.0 Å². The normalized spacial score (nSPS) is 26.9. The summed E-state index contributed by atoms with van der Waals surface area (Å²) in [5.41, 5.74) is 1.56. The second kappa shape index (κ2) is 6.85. The molecule has 0 aromatic rings. The van der Waals surface area contributed by atoms with Crippen molar-refractivity contribution in [1.29, 1.82) is 0 Å². The van der Waals surface area contributed by atoms with Crippen molar-refractivity contribution in [3.63, 3.8) is 0 Å². The van der Waals surface area contributed by atoms with Crippen LogP contribution in [0.25, 0.3) is 0 Å². The van der Waals surface area contributed by atoms with Crippen molar-refractivity contribution in [2.45, 2.75) is 78.1 Å². The van der Waals surface area contributed by atoms with Crippen LogP contribution in [0.4, 0.5) is 0 Å². The van der Waals surface area contributed by atoms with Crippen LogP contribution < -0.4 is 0 Å². The van der Waals surface area contributed by atoms with Crippen LogP contribution in [0.5, 0.6) is 0 Å². The predicted octanol–water partition coefficient (Wildman–Crippen LogP) is 3.97. The van der Waals surface area contributed by atoms with Gasteiger partial charge in [0.15, 0.2) is 0 Å². The lowest BCUT2D eigenvalue weighted by molar-refractivity contribution is -0.0177. The van der Waals surface area contributed by atoms with Gasteiger partial charge < -0.3 is 18.9 Å². The zero-order valence-corrected chi connectivity index (χ0v) is 16.6. The highest BCUT2D eigenvalue weighted by molar-refractivity contribution is 6.54. The number of ether oxygens (including phenoxy) is 1. The van der Waals surface area contributed by atoms with E-state index in [9.17, 15) is 0 Å². The highest BCUT2D eigenvalue weighted by Crippen LogP contribution is 2.42. The van der Waals surface area contributed by atoms with Gasteiger partial charge in [-0.2, -0.15) is 0 Å². The van der Waals surface area contributed by atoms with Gasteiger partial charge in [-0.1, -0.05) is 26.5 Å². The van der Waals surface area contributed by atoms with Gasteiger partial charge in [-0.15, -0.1) is 0 Å². The van der Waals surface area contributed by atoms with Gasteiger partial charge in [-0.3, -0.25) is 0 Å². The van der Waals surface area contributed by atoms with Gasteiger partial charge in [-0.25, -0.2) is 0 Å². The van der Waals surface area contributed by atoms with Crippen LogP contribution in [0, 0.1) is 0 Å². The molecule has 3 aliphatic heterocycles. The Morgan fingerprint density at radius 3 is 2.04 bits per heavy atom. The van der Waals surface area contributed by atoms with Crippen LogP contribution in [-0.2, 0) is 14.0 Å². The average molecular weight is 335 g/mol. The Hall–Kier alpha value is -0.775. The van der Waals surface area contributed by atoms with Crippen LogP contribution in [-0.4, -0.2) is 48.5 Å². The summed E-state index contributed by atoms with van der Waals surface area (Å²) in [6.45, 7) is 21.1. The number of hydrogen-bond acceptors (Lipinski definition) is 4. The Bertz CT molecular complexity index is 489.